The number of rotatable bonds is 4. The first-order valence-electron chi connectivity index (χ1n) is 4.45. The van der Waals surface area contributed by atoms with Crippen LogP contribution in [0.2, 0.25) is 0 Å². The molecule has 1 N–H and O–H groups in total. The number of aromatic nitrogens is 1. The summed E-state index contributed by atoms with van der Waals surface area (Å²) in [5, 5.41) is 8.73. The molecule has 0 saturated carbocycles. The highest BCUT2D eigenvalue weighted by molar-refractivity contribution is 5.85. The van der Waals surface area contributed by atoms with E-state index in [9.17, 15) is 22.8 Å². The molecule has 1 aromatic rings. The summed E-state index contributed by atoms with van der Waals surface area (Å²) in [6.45, 7) is -1.31. The van der Waals surface area contributed by atoms with Crippen LogP contribution in [0.15, 0.2) is 23.0 Å². The van der Waals surface area contributed by atoms with Crippen molar-refractivity contribution in [2.45, 2.75) is 12.9 Å². The highest BCUT2D eigenvalue weighted by atomic mass is 19.4. The Bertz CT molecular complexity index is 466. The minimum atomic E-state index is -4.80. The molecule has 0 amide bonds. The maximum absolute atomic E-state index is 11.7. The van der Waals surface area contributed by atoms with E-state index in [4.69, 9.17) is 5.11 Å². The number of aromatic carboxylic acids is 1. The number of nitrogens with zero attached hydrogens (tertiary/aromatic N) is 1. The van der Waals surface area contributed by atoms with E-state index in [1.165, 1.54) is 6.07 Å². The molecular weight excluding hydrogens is 243 g/mol. The van der Waals surface area contributed by atoms with Crippen LogP contribution >= 0.6 is 0 Å². The first-order chi connectivity index (χ1) is 7.81. The lowest BCUT2D eigenvalue weighted by molar-refractivity contribution is -0.325. The highest BCUT2D eigenvalue weighted by Crippen LogP contribution is 2.15. The lowest BCUT2D eigenvalue weighted by Crippen LogP contribution is -2.28. The van der Waals surface area contributed by atoms with Crippen molar-refractivity contribution in [3.63, 3.8) is 0 Å². The number of alkyl halides is 3. The monoisotopic (exact) mass is 251 g/mol. The average Bonchev–Trinajstić information content (AvgIpc) is 2.18. The molecule has 0 fully saturated rings. The van der Waals surface area contributed by atoms with Gasteiger partial charge in [0.15, 0.2) is 0 Å². The molecule has 94 valence electrons. The normalized spacial score (nSPS) is 11.5. The van der Waals surface area contributed by atoms with Crippen LogP contribution in [0.5, 0.6) is 0 Å². The molecule has 0 unspecified atom stereocenters. The number of pyridine rings is 1. The van der Waals surface area contributed by atoms with Crippen LogP contribution in [0.4, 0.5) is 13.2 Å². The fourth-order valence-corrected chi connectivity index (χ4v) is 1.19. The van der Waals surface area contributed by atoms with Crippen molar-refractivity contribution in [1.29, 1.82) is 0 Å². The molecule has 0 saturated heterocycles. The van der Waals surface area contributed by atoms with Crippen molar-refractivity contribution in [3.05, 3.63) is 34.2 Å². The zero-order chi connectivity index (χ0) is 13.1. The van der Waals surface area contributed by atoms with Gasteiger partial charge in [-0.05, 0) is 6.07 Å². The molecular formula is C9H8F3NO4. The Morgan fingerprint density at radius 1 is 1.41 bits per heavy atom. The van der Waals surface area contributed by atoms with Crippen LogP contribution < -0.4 is 5.56 Å². The summed E-state index contributed by atoms with van der Waals surface area (Å²) in [7, 11) is 0. The molecule has 8 heteroatoms. The van der Waals surface area contributed by atoms with E-state index in [2.05, 4.69) is 4.74 Å². The lowest BCUT2D eigenvalue weighted by atomic mass is 10.3. The van der Waals surface area contributed by atoms with Gasteiger partial charge >= 0.3 is 12.3 Å². The molecule has 1 rings (SSSR count). The Kier molecular flexibility index (Phi) is 3.89. The first-order valence-corrected chi connectivity index (χ1v) is 4.45. The summed E-state index contributed by atoms with van der Waals surface area (Å²) >= 11 is 0. The van der Waals surface area contributed by atoms with Gasteiger partial charge in [-0.3, -0.25) is 9.53 Å². The van der Waals surface area contributed by atoms with E-state index in [1.54, 1.807) is 0 Å². The van der Waals surface area contributed by atoms with E-state index >= 15 is 0 Å². The van der Waals surface area contributed by atoms with Crippen molar-refractivity contribution in [2.24, 2.45) is 0 Å². The number of carboxylic acids is 1. The summed E-state index contributed by atoms with van der Waals surface area (Å²) < 4.78 is 39.2. The van der Waals surface area contributed by atoms with E-state index in [1.807, 2.05) is 0 Å². The minimum Gasteiger partial charge on any atom is -0.477 e. The maximum Gasteiger partial charge on any atom is 0.522 e. The molecule has 5 nitrogen and oxygen atoms in total. The number of halogens is 3. The number of carboxylic acid groups (broad SMARTS) is 1. The van der Waals surface area contributed by atoms with E-state index in [0.717, 1.165) is 12.1 Å². The third-order valence-electron chi connectivity index (χ3n) is 1.85. The predicted molar refractivity (Wildman–Crippen MR) is 49.7 cm³/mol. The number of hydrogen-bond acceptors (Lipinski definition) is 3. The summed E-state index contributed by atoms with van der Waals surface area (Å²) in [6, 6.07) is 3.39. The Hall–Kier alpha value is -1.83. The predicted octanol–water partition coefficient (Wildman–Crippen LogP) is 1.08. The Labute approximate surface area is 93.0 Å². The van der Waals surface area contributed by atoms with Crippen molar-refractivity contribution in [1.82, 2.24) is 4.57 Å². The minimum absolute atomic E-state index is 0.386. The molecule has 1 aromatic heterocycles. The van der Waals surface area contributed by atoms with Gasteiger partial charge in [0.05, 0.1) is 13.2 Å². The quantitative estimate of drug-likeness (QED) is 0.869. The molecule has 17 heavy (non-hydrogen) atoms. The van der Waals surface area contributed by atoms with Crippen LogP contribution in [0, 0.1) is 0 Å². The smallest absolute Gasteiger partial charge is 0.477 e. The Morgan fingerprint density at radius 3 is 2.59 bits per heavy atom. The summed E-state index contributed by atoms with van der Waals surface area (Å²) in [6.07, 6.45) is -4.80. The third kappa shape index (κ3) is 3.91. The molecule has 0 aliphatic rings. The fourth-order valence-electron chi connectivity index (χ4n) is 1.19. The average molecular weight is 251 g/mol. The molecule has 1 heterocycles. The van der Waals surface area contributed by atoms with Crippen LogP contribution in [0.3, 0.4) is 0 Å². The standard InChI is InChI=1S/C9H8F3NO4/c10-9(11,12)17-5-4-13-6(8(15)16)2-1-3-7(13)14/h1-3H,4-5H2,(H,15,16). The van der Waals surface area contributed by atoms with Crippen molar-refractivity contribution in [2.75, 3.05) is 6.61 Å². The van der Waals surface area contributed by atoms with Crippen molar-refractivity contribution >= 4 is 5.97 Å². The largest absolute Gasteiger partial charge is 0.522 e. The van der Waals surface area contributed by atoms with E-state index in [0.29, 0.717) is 4.57 Å². The molecule has 0 aromatic carbocycles. The van der Waals surface area contributed by atoms with Gasteiger partial charge in [-0.2, -0.15) is 0 Å². The van der Waals surface area contributed by atoms with Crippen LogP contribution in [0.25, 0.3) is 0 Å². The van der Waals surface area contributed by atoms with Gasteiger partial charge in [-0.1, -0.05) is 6.07 Å². The highest BCUT2D eigenvalue weighted by Gasteiger charge is 2.28. The topological polar surface area (TPSA) is 68.5 Å². The summed E-state index contributed by atoms with van der Waals surface area (Å²) in [5.74, 6) is -1.39. The summed E-state index contributed by atoms with van der Waals surface area (Å²) in [4.78, 5) is 22.0. The Balaban J connectivity index is 2.83. The molecule has 0 atom stereocenters. The van der Waals surface area contributed by atoms with Gasteiger partial charge in [0, 0.05) is 6.07 Å². The summed E-state index contributed by atoms with van der Waals surface area (Å²) in [5.41, 5.74) is -1.08. The maximum atomic E-state index is 11.7. The van der Waals surface area contributed by atoms with Gasteiger partial charge in [0.1, 0.15) is 5.69 Å². The number of ether oxygens (including phenoxy) is 1. The number of hydrogen-bond donors (Lipinski definition) is 1. The fraction of sp³-hybridized carbons (Fsp3) is 0.333. The van der Waals surface area contributed by atoms with Gasteiger partial charge in [-0.15, -0.1) is 13.2 Å². The van der Waals surface area contributed by atoms with Gasteiger partial charge in [0.25, 0.3) is 5.56 Å². The Morgan fingerprint density at radius 2 is 2.06 bits per heavy atom. The van der Waals surface area contributed by atoms with Crippen LogP contribution in [-0.2, 0) is 11.3 Å². The second-order valence-corrected chi connectivity index (χ2v) is 3.00. The second-order valence-electron chi connectivity index (χ2n) is 3.00. The van der Waals surface area contributed by atoms with Gasteiger partial charge in [0.2, 0.25) is 0 Å². The zero-order valence-corrected chi connectivity index (χ0v) is 8.40. The van der Waals surface area contributed by atoms with E-state index in [-0.39, 0.29) is 5.69 Å². The molecule has 0 radical (unpaired) electrons. The van der Waals surface area contributed by atoms with Crippen LogP contribution in [-0.4, -0.2) is 28.6 Å². The number of carbonyl (C=O) groups is 1. The van der Waals surface area contributed by atoms with Crippen molar-refractivity contribution < 1.29 is 27.8 Å². The molecule has 0 bridgehead atoms. The molecule has 0 spiro atoms. The van der Waals surface area contributed by atoms with Gasteiger partial charge in [-0.25, -0.2) is 4.79 Å². The van der Waals surface area contributed by atoms with E-state index < -0.39 is 31.0 Å². The lowest BCUT2D eigenvalue weighted by Gasteiger charge is -2.11. The third-order valence-corrected chi connectivity index (χ3v) is 1.85. The molecule has 0 aliphatic carbocycles. The van der Waals surface area contributed by atoms with Crippen LogP contribution in [0.1, 0.15) is 10.5 Å². The second kappa shape index (κ2) is 5.00. The zero-order valence-electron chi connectivity index (χ0n) is 8.40. The van der Waals surface area contributed by atoms with Crippen molar-refractivity contribution in [3.8, 4) is 0 Å². The SMILES string of the molecule is O=C(O)c1cccc(=O)n1CCOC(F)(F)F. The first kappa shape index (κ1) is 13.2. The molecule has 0 aliphatic heterocycles. The van der Waals surface area contributed by atoms with Gasteiger partial charge < -0.3 is 9.67 Å².